The molecule has 0 N–H and O–H groups in total. The summed E-state index contributed by atoms with van der Waals surface area (Å²) in [5.74, 6) is -0.830. The van der Waals surface area contributed by atoms with Crippen molar-refractivity contribution in [3.63, 3.8) is 0 Å². The Morgan fingerprint density at radius 3 is 2.27 bits per heavy atom. The molecule has 0 saturated heterocycles. The third-order valence-corrected chi connectivity index (χ3v) is 7.64. The third kappa shape index (κ3) is 5.26. The first kappa shape index (κ1) is 28.7. The Balaban J connectivity index is 0.00000190. The number of carbonyl (C=O) groups excluding carboxylic acids is 2. The zero-order chi connectivity index (χ0) is 24.7. The lowest BCUT2D eigenvalue weighted by Gasteiger charge is -2.38. The van der Waals surface area contributed by atoms with Crippen molar-refractivity contribution >= 4 is 55.8 Å². The molecule has 0 radical (unpaired) electrons. The largest absolute Gasteiger partial charge is 0.296 e. The lowest BCUT2D eigenvalue weighted by atomic mass is 9.74. The van der Waals surface area contributed by atoms with Gasteiger partial charge in [0.05, 0.1) is 22.2 Å². The standard InChI is InChI=1S/C28H26FN3O2S.2H2S/c1-4-31-27-25(18(3)30-32(27)21-8-6-5-7-9-21)26(19-11-13-20(29)14-12-19)22(28(31)34)16-23(33)24-15-10-17(2)35-24;;/h5-15,22,26H,4,16H2,1-3H3;2*1H2/t22-,26+;;/m0../s1. The molecule has 2 atom stereocenters. The van der Waals surface area contributed by atoms with E-state index >= 15 is 0 Å². The maximum Gasteiger partial charge on any atom is 0.232 e. The van der Waals surface area contributed by atoms with Crippen molar-refractivity contribution in [3.05, 3.63) is 99.1 Å². The third-order valence-electron chi connectivity index (χ3n) is 6.60. The van der Waals surface area contributed by atoms with Gasteiger partial charge in [0.1, 0.15) is 11.6 Å². The van der Waals surface area contributed by atoms with Gasteiger partial charge in [-0.2, -0.15) is 32.1 Å². The van der Waals surface area contributed by atoms with Crippen LogP contribution in [0.2, 0.25) is 0 Å². The van der Waals surface area contributed by atoms with Crippen molar-refractivity contribution in [2.24, 2.45) is 5.92 Å². The highest BCUT2D eigenvalue weighted by Crippen LogP contribution is 2.47. The molecule has 4 aromatic rings. The Labute approximate surface area is 234 Å². The van der Waals surface area contributed by atoms with Gasteiger partial charge in [0.15, 0.2) is 5.78 Å². The monoisotopic (exact) mass is 555 g/mol. The summed E-state index contributed by atoms with van der Waals surface area (Å²) in [5.41, 5.74) is 3.34. The minimum absolute atomic E-state index is 0. The Morgan fingerprint density at radius 1 is 1.00 bits per heavy atom. The van der Waals surface area contributed by atoms with Crippen LogP contribution >= 0.6 is 38.3 Å². The van der Waals surface area contributed by atoms with Crippen molar-refractivity contribution < 1.29 is 14.0 Å². The summed E-state index contributed by atoms with van der Waals surface area (Å²) >= 11 is 1.44. The molecule has 0 saturated carbocycles. The Bertz CT molecular complexity index is 1400. The molecule has 1 aliphatic heterocycles. The summed E-state index contributed by atoms with van der Waals surface area (Å²) in [5, 5.41) is 4.83. The second-order valence-corrected chi connectivity index (χ2v) is 10.1. The number of anilines is 1. The van der Waals surface area contributed by atoms with Crippen LogP contribution in [-0.2, 0) is 4.79 Å². The van der Waals surface area contributed by atoms with E-state index in [1.165, 1.54) is 23.5 Å². The molecule has 194 valence electrons. The average molecular weight is 556 g/mol. The van der Waals surface area contributed by atoms with Gasteiger partial charge in [-0.25, -0.2) is 9.07 Å². The zero-order valence-electron chi connectivity index (χ0n) is 20.9. The second kappa shape index (κ2) is 11.7. The molecule has 5 rings (SSSR count). The molecule has 0 spiro atoms. The number of ketones is 1. The van der Waals surface area contributed by atoms with Gasteiger partial charge in [-0.15, -0.1) is 11.3 Å². The number of para-hydroxylation sites is 1. The van der Waals surface area contributed by atoms with E-state index in [0.29, 0.717) is 17.2 Å². The Kier molecular flexibility index (Phi) is 9.05. The fourth-order valence-corrected chi connectivity index (χ4v) is 5.83. The molecule has 5 nitrogen and oxygen atoms in total. The van der Waals surface area contributed by atoms with E-state index in [1.54, 1.807) is 17.0 Å². The highest BCUT2D eigenvalue weighted by molar-refractivity contribution is 7.59. The predicted octanol–water partition coefficient (Wildman–Crippen LogP) is 6.30. The van der Waals surface area contributed by atoms with E-state index in [0.717, 1.165) is 27.4 Å². The summed E-state index contributed by atoms with van der Waals surface area (Å²) in [6.07, 6.45) is 0.0761. The molecule has 9 heteroatoms. The van der Waals surface area contributed by atoms with Crippen LogP contribution in [0, 0.1) is 25.6 Å². The van der Waals surface area contributed by atoms with Crippen LogP contribution in [0.5, 0.6) is 0 Å². The smallest absolute Gasteiger partial charge is 0.232 e. The van der Waals surface area contributed by atoms with E-state index in [9.17, 15) is 14.0 Å². The Hall–Kier alpha value is -2.88. The topological polar surface area (TPSA) is 55.2 Å². The number of halogens is 1. The van der Waals surface area contributed by atoms with E-state index in [2.05, 4.69) is 0 Å². The van der Waals surface area contributed by atoms with Crippen LogP contribution in [0.3, 0.4) is 0 Å². The molecule has 0 fully saturated rings. The second-order valence-electron chi connectivity index (χ2n) is 8.83. The average Bonchev–Trinajstić information content (AvgIpc) is 3.44. The number of Topliss-reactive ketones (excluding diaryl/α,β-unsaturated/α-hetero) is 1. The minimum Gasteiger partial charge on any atom is -0.296 e. The quantitative estimate of drug-likeness (QED) is 0.262. The number of fused-ring (bicyclic) bond motifs is 1. The molecule has 1 aliphatic rings. The fourth-order valence-electron chi connectivity index (χ4n) is 5.01. The predicted molar refractivity (Wildman–Crippen MR) is 157 cm³/mol. The van der Waals surface area contributed by atoms with Crippen molar-refractivity contribution in [1.82, 2.24) is 9.78 Å². The van der Waals surface area contributed by atoms with Gasteiger partial charge < -0.3 is 0 Å². The summed E-state index contributed by atoms with van der Waals surface area (Å²) in [4.78, 5) is 30.7. The lowest BCUT2D eigenvalue weighted by molar-refractivity contribution is -0.123. The number of amides is 1. The highest BCUT2D eigenvalue weighted by Gasteiger charge is 2.45. The van der Waals surface area contributed by atoms with Crippen LogP contribution < -0.4 is 4.90 Å². The van der Waals surface area contributed by atoms with Crippen molar-refractivity contribution in [2.75, 3.05) is 11.4 Å². The molecule has 0 bridgehead atoms. The van der Waals surface area contributed by atoms with E-state index in [1.807, 2.05) is 67.9 Å². The maximum atomic E-state index is 14.0. The number of aryl methyl sites for hydroxylation is 2. The van der Waals surface area contributed by atoms with Crippen molar-refractivity contribution in [3.8, 4) is 5.69 Å². The fraction of sp³-hybridized carbons (Fsp3) is 0.250. The van der Waals surface area contributed by atoms with Crippen molar-refractivity contribution in [2.45, 2.75) is 33.1 Å². The number of carbonyl (C=O) groups is 2. The summed E-state index contributed by atoms with van der Waals surface area (Å²) < 4.78 is 15.6. The first-order valence-electron chi connectivity index (χ1n) is 11.7. The number of hydrogen-bond acceptors (Lipinski definition) is 4. The number of aromatic nitrogens is 2. The highest BCUT2D eigenvalue weighted by atomic mass is 32.1. The molecule has 1 amide bonds. The first-order valence-corrected chi connectivity index (χ1v) is 12.5. The van der Waals surface area contributed by atoms with Gasteiger partial charge in [-0.05, 0) is 62.7 Å². The molecule has 0 aliphatic carbocycles. The number of rotatable bonds is 6. The first-order chi connectivity index (χ1) is 16.9. The Morgan fingerprint density at radius 2 is 1.68 bits per heavy atom. The molecule has 37 heavy (non-hydrogen) atoms. The van der Waals surface area contributed by atoms with E-state index < -0.39 is 11.8 Å². The SMILES string of the molecule is CCN1C(=O)[C@@H](CC(=O)c2ccc(C)s2)[C@@H](c2ccc(F)cc2)c2c(C)nn(-c3ccccc3)c21.S.S. The molecule has 0 unspecified atom stereocenters. The zero-order valence-corrected chi connectivity index (χ0v) is 23.7. The number of thiophene rings is 1. The molecule has 3 heterocycles. The van der Waals surface area contributed by atoms with Gasteiger partial charge in [-0.1, -0.05) is 30.3 Å². The van der Waals surface area contributed by atoms with E-state index in [-0.39, 0.29) is 50.9 Å². The summed E-state index contributed by atoms with van der Waals surface area (Å²) in [6.45, 7) is 6.27. The summed E-state index contributed by atoms with van der Waals surface area (Å²) in [7, 11) is 0. The van der Waals surface area contributed by atoms with Crippen LogP contribution in [0.25, 0.3) is 5.69 Å². The lowest BCUT2D eigenvalue weighted by Crippen LogP contribution is -2.45. The van der Waals surface area contributed by atoms with Crippen LogP contribution in [0.4, 0.5) is 10.2 Å². The van der Waals surface area contributed by atoms with Gasteiger partial charge in [0.2, 0.25) is 5.91 Å². The molecular weight excluding hydrogens is 526 g/mol. The van der Waals surface area contributed by atoms with Gasteiger partial charge >= 0.3 is 0 Å². The van der Waals surface area contributed by atoms with E-state index in [4.69, 9.17) is 5.10 Å². The summed E-state index contributed by atoms with van der Waals surface area (Å²) in [6, 6.07) is 19.7. The number of benzene rings is 2. The number of nitrogens with zero attached hydrogens (tertiary/aromatic N) is 3. The molecule has 2 aromatic heterocycles. The number of hydrogen-bond donors (Lipinski definition) is 0. The van der Waals surface area contributed by atoms with Crippen LogP contribution in [0.15, 0.2) is 66.7 Å². The maximum absolute atomic E-state index is 14.0. The minimum atomic E-state index is -0.616. The van der Waals surface area contributed by atoms with Crippen LogP contribution in [0.1, 0.15) is 50.6 Å². The van der Waals surface area contributed by atoms with Gasteiger partial charge in [0.25, 0.3) is 0 Å². The van der Waals surface area contributed by atoms with Crippen LogP contribution in [-0.4, -0.2) is 28.0 Å². The molecular formula is C28H30FN3O2S3. The normalized spacial score (nSPS) is 16.5. The van der Waals surface area contributed by atoms with Gasteiger partial charge in [-0.3, -0.25) is 14.5 Å². The van der Waals surface area contributed by atoms with Crippen molar-refractivity contribution in [1.29, 1.82) is 0 Å². The molecule has 2 aromatic carbocycles. The van der Waals surface area contributed by atoms with Gasteiger partial charge in [0, 0.05) is 29.3 Å².